The molecule has 2 N–H and O–H groups in total. The molecule has 0 saturated carbocycles. The average molecular weight is 272 g/mol. The summed E-state index contributed by atoms with van der Waals surface area (Å²) >= 11 is 0. The van der Waals surface area contributed by atoms with E-state index in [1.165, 1.54) is 6.42 Å². The zero-order chi connectivity index (χ0) is 14.3. The SMILES string of the molecule is CCCCOCCCNC(=NC)NCCCN(C)C. The molecule has 0 aromatic rings. The number of guanidine groups is 1. The monoisotopic (exact) mass is 272 g/mol. The Labute approximate surface area is 118 Å². The lowest BCUT2D eigenvalue weighted by Crippen LogP contribution is -2.39. The average Bonchev–Trinajstić information content (AvgIpc) is 2.39. The summed E-state index contributed by atoms with van der Waals surface area (Å²) in [6.07, 6.45) is 4.49. The summed E-state index contributed by atoms with van der Waals surface area (Å²) in [4.78, 5) is 6.38. The lowest BCUT2D eigenvalue weighted by atomic mass is 10.4. The van der Waals surface area contributed by atoms with E-state index in [1.54, 1.807) is 7.05 Å². The second-order valence-electron chi connectivity index (χ2n) is 4.90. The summed E-state index contributed by atoms with van der Waals surface area (Å²) < 4.78 is 5.51. The van der Waals surface area contributed by atoms with Crippen molar-refractivity contribution >= 4 is 5.96 Å². The van der Waals surface area contributed by atoms with Crippen molar-refractivity contribution in [2.75, 3.05) is 54.0 Å². The highest BCUT2D eigenvalue weighted by atomic mass is 16.5. The second-order valence-corrected chi connectivity index (χ2v) is 4.90. The van der Waals surface area contributed by atoms with Crippen molar-refractivity contribution in [1.82, 2.24) is 15.5 Å². The second kappa shape index (κ2) is 13.6. The molecule has 0 rings (SSSR count). The van der Waals surface area contributed by atoms with Gasteiger partial charge < -0.3 is 20.3 Å². The van der Waals surface area contributed by atoms with Crippen LogP contribution in [0.15, 0.2) is 4.99 Å². The maximum atomic E-state index is 5.51. The van der Waals surface area contributed by atoms with Crippen molar-refractivity contribution in [1.29, 1.82) is 0 Å². The largest absolute Gasteiger partial charge is 0.381 e. The summed E-state index contributed by atoms with van der Waals surface area (Å²) in [6, 6.07) is 0. The number of aliphatic imine (C=N–C) groups is 1. The summed E-state index contributed by atoms with van der Waals surface area (Å²) in [5.41, 5.74) is 0. The molecular weight excluding hydrogens is 240 g/mol. The molecule has 0 aliphatic carbocycles. The van der Waals surface area contributed by atoms with Crippen LogP contribution in [0.4, 0.5) is 0 Å². The van der Waals surface area contributed by atoms with Crippen LogP contribution in [0.25, 0.3) is 0 Å². The number of nitrogens with one attached hydrogen (secondary N) is 2. The summed E-state index contributed by atoms with van der Waals surface area (Å²) in [5, 5.41) is 6.60. The molecule has 0 aromatic heterocycles. The van der Waals surface area contributed by atoms with Gasteiger partial charge in [0.05, 0.1) is 0 Å². The first-order valence-electron chi connectivity index (χ1n) is 7.37. The molecule has 19 heavy (non-hydrogen) atoms. The van der Waals surface area contributed by atoms with Crippen molar-refractivity contribution in [3.8, 4) is 0 Å². The van der Waals surface area contributed by atoms with E-state index in [2.05, 4.69) is 41.5 Å². The Bertz CT molecular complexity index is 219. The van der Waals surface area contributed by atoms with Gasteiger partial charge in [0.25, 0.3) is 0 Å². The van der Waals surface area contributed by atoms with Gasteiger partial charge in [-0.25, -0.2) is 0 Å². The molecule has 0 atom stereocenters. The molecule has 0 fully saturated rings. The third-order valence-corrected chi connectivity index (χ3v) is 2.70. The number of hydrogen-bond acceptors (Lipinski definition) is 3. The number of hydrogen-bond donors (Lipinski definition) is 2. The van der Waals surface area contributed by atoms with E-state index in [0.717, 1.165) is 58.1 Å². The maximum Gasteiger partial charge on any atom is 0.190 e. The van der Waals surface area contributed by atoms with Gasteiger partial charge in [-0.3, -0.25) is 4.99 Å². The first-order valence-corrected chi connectivity index (χ1v) is 7.37. The molecule has 114 valence electrons. The van der Waals surface area contributed by atoms with Crippen LogP contribution in [0.5, 0.6) is 0 Å². The Morgan fingerprint density at radius 2 is 1.68 bits per heavy atom. The van der Waals surface area contributed by atoms with Crippen molar-refractivity contribution in [2.24, 2.45) is 4.99 Å². The molecule has 0 saturated heterocycles. The Kier molecular flexibility index (Phi) is 13.0. The Balaban J connectivity index is 3.40. The van der Waals surface area contributed by atoms with Crippen molar-refractivity contribution in [3.63, 3.8) is 0 Å². The number of unbranched alkanes of at least 4 members (excludes halogenated alkanes) is 1. The number of nitrogens with zero attached hydrogens (tertiary/aromatic N) is 2. The predicted molar refractivity (Wildman–Crippen MR) is 82.9 cm³/mol. The van der Waals surface area contributed by atoms with Crippen LogP contribution in [0, 0.1) is 0 Å². The Morgan fingerprint density at radius 3 is 2.26 bits per heavy atom. The van der Waals surface area contributed by atoms with Crippen LogP contribution in [-0.4, -0.2) is 64.9 Å². The van der Waals surface area contributed by atoms with Gasteiger partial charge >= 0.3 is 0 Å². The fourth-order valence-electron chi connectivity index (χ4n) is 1.55. The smallest absolute Gasteiger partial charge is 0.190 e. The normalized spacial score (nSPS) is 11.9. The topological polar surface area (TPSA) is 48.9 Å². The van der Waals surface area contributed by atoms with Gasteiger partial charge in [0, 0.05) is 33.4 Å². The van der Waals surface area contributed by atoms with Crippen LogP contribution >= 0.6 is 0 Å². The molecule has 0 aliphatic rings. The van der Waals surface area contributed by atoms with E-state index < -0.39 is 0 Å². The zero-order valence-electron chi connectivity index (χ0n) is 13.2. The first-order chi connectivity index (χ1) is 9.20. The minimum absolute atomic E-state index is 0.824. The number of ether oxygens (including phenoxy) is 1. The standard InChI is InChI=1S/C14H32N4O/c1-5-6-12-19-13-8-10-17-14(15-2)16-9-7-11-18(3)4/h5-13H2,1-4H3,(H2,15,16,17). The molecule has 0 aliphatic heterocycles. The van der Waals surface area contributed by atoms with Gasteiger partial charge in [-0.05, 0) is 39.9 Å². The Hall–Kier alpha value is -0.810. The summed E-state index contributed by atoms with van der Waals surface area (Å²) in [5.74, 6) is 0.882. The van der Waals surface area contributed by atoms with E-state index in [0.29, 0.717) is 0 Å². The van der Waals surface area contributed by atoms with Gasteiger partial charge in [0.2, 0.25) is 0 Å². The zero-order valence-corrected chi connectivity index (χ0v) is 13.2. The fourth-order valence-corrected chi connectivity index (χ4v) is 1.55. The van der Waals surface area contributed by atoms with Crippen molar-refractivity contribution in [2.45, 2.75) is 32.6 Å². The highest BCUT2D eigenvalue weighted by Crippen LogP contribution is 1.89. The molecule has 0 unspecified atom stereocenters. The van der Waals surface area contributed by atoms with E-state index in [1.807, 2.05) is 0 Å². The molecule has 0 radical (unpaired) electrons. The molecule has 0 spiro atoms. The quantitative estimate of drug-likeness (QED) is 0.338. The minimum atomic E-state index is 0.824. The minimum Gasteiger partial charge on any atom is -0.381 e. The van der Waals surface area contributed by atoms with Crippen LogP contribution < -0.4 is 10.6 Å². The van der Waals surface area contributed by atoms with Crippen LogP contribution in [0.2, 0.25) is 0 Å². The maximum absolute atomic E-state index is 5.51. The van der Waals surface area contributed by atoms with Gasteiger partial charge in [-0.15, -0.1) is 0 Å². The van der Waals surface area contributed by atoms with Gasteiger partial charge in [-0.2, -0.15) is 0 Å². The molecule has 0 aromatic carbocycles. The number of rotatable bonds is 11. The van der Waals surface area contributed by atoms with Crippen LogP contribution in [0.3, 0.4) is 0 Å². The van der Waals surface area contributed by atoms with Crippen molar-refractivity contribution in [3.05, 3.63) is 0 Å². The fraction of sp³-hybridized carbons (Fsp3) is 0.929. The van der Waals surface area contributed by atoms with E-state index in [-0.39, 0.29) is 0 Å². The van der Waals surface area contributed by atoms with E-state index >= 15 is 0 Å². The van der Waals surface area contributed by atoms with Gasteiger partial charge in [-0.1, -0.05) is 13.3 Å². The van der Waals surface area contributed by atoms with Gasteiger partial charge in [0.15, 0.2) is 5.96 Å². The van der Waals surface area contributed by atoms with Gasteiger partial charge in [0.1, 0.15) is 0 Å². The third-order valence-electron chi connectivity index (χ3n) is 2.70. The molecule has 5 nitrogen and oxygen atoms in total. The molecular formula is C14H32N4O. The molecule has 0 bridgehead atoms. The first kappa shape index (κ1) is 18.2. The molecule has 0 amide bonds. The highest BCUT2D eigenvalue weighted by molar-refractivity contribution is 5.79. The Morgan fingerprint density at radius 1 is 1.05 bits per heavy atom. The van der Waals surface area contributed by atoms with E-state index in [4.69, 9.17) is 4.74 Å². The molecule has 5 heteroatoms. The summed E-state index contributed by atoms with van der Waals surface area (Å²) in [7, 11) is 5.98. The predicted octanol–water partition coefficient (Wildman–Crippen LogP) is 1.31. The molecule has 0 heterocycles. The van der Waals surface area contributed by atoms with Crippen molar-refractivity contribution < 1.29 is 4.74 Å². The van der Waals surface area contributed by atoms with Crippen LogP contribution in [0.1, 0.15) is 32.6 Å². The lowest BCUT2D eigenvalue weighted by molar-refractivity contribution is 0.129. The van der Waals surface area contributed by atoms with Crippen LogP contribution in [-0.2, 0) is 4.74 Å². The lowest BCUT2D eigenvalue weighted by Gasteiger charge is -2.13. The highest BCUT2D eigenvalue weighted by Gasteiger charge is 1.97. The summed E-state index contributed by atoms with van der Waals surface area (Å²) in [6.45, 7) is 6.83. The third kappa shape index (κ3) is 13.4. The van der Waals surface area contributed by atoms with E-state index in [9.17, 15) is 0 Å².